The highest BCUT2D eigenvalue weighted by Gasteiger charge is 2.76. The Morgan fingerprint density at radius 3 is 1.75 bits per heavy atom. The Balaban J connectivity index is 2.01. The van der Waals surface area contributed by atoms with Gasteiger partial charge >= 0.3 is 0 Å². The Kier molecular flexibility index (Phi) is 0.635. The molecule has 1 heterocycles. The van der Waals surface area contributed by atoms with Crippen molar-refractivity contribution in [3.8, 4) is 0 Å². The van der Waals surface area contributed by atoms with Crippen molar-refractivity contribution in [2.75, 3.05) is 13.2 Å². The molecule has 3 N–H and O–H groups in total. The lowest BCUT2D eigenvalue weighted by molar-refractivity contribution is 0.103. The van der Waals surface area contributed by atoms with Gasteiger partial charge in [-0.1, -0.05) is 0 Å². The van der Waals surface area contributed by atoms with Gasteiger partial charge in [-0.05, 0) is 0 Å². The summed E-state index contributed by atoms with van der Waals surface area (Å²) < 4.78 is 0. The van der Waals surface area contributed by atoms with Gasteiger partial charge in [-0.15, -0.1) is 0 Å². The zero-order chi connectivity index (χ0) is 5.78. The molecule has 1 aliphatic carbocycles. The lowest BCUT2D eigenvalue weighted by Crippen LogP contribution is -2.31. The van der Waals surface area contributed by atoms with Crippen molar-refractivity contribution in [3.05, 3.63) is 0 Å². The van der Waals surface area contributed by atoms with Crippen LogP contribution in [0.5, 0.6) is 0 Å². The first-order valence-corrected chi connectivity index (χ1v) is 2.83. The molecule has 0 radical (unpaired) electrons. The lowest BCUT2D eigenvalue weighted by atomic mass is 10.1. The average Bonchev–Trinajstić information content (AvgIpc) is 2.53. The molecule has 0 aromatic carbocycles. The first kappa shape index (κ1) is 4.73. The van der Waals surface area contributed by atoms with Gasteiger partial charge < -0.3 is 15.5 Å². The highest BCUT2D eigenvalue weighted by atomic mass is 16.3. The maximum absolute atomic E-state index is 8.66. The van der Waals surface area contributed by atoms with E-state index in [1.807, 2.05) is 0 Å². The molecule has 1 saturated carbocycles. The number of hydrogen-bond donors (Lipinski definition) is 3. The van der Waals surface area contributed by atoms with Crippen molar-refractivity contribution in [1.29, 1.82) is 0 Å². The first-order valence-electron chi connectivity index (χ1n) is 2.83. The molecule has 2 atom stereocenters. The van der Waals surface area contributed by atoms with Crippen molar-refractivity contribution in [3.63, 3.8) is 0 Å². The van der Waals surface area contributed by atoms with E-state index in [-0.39, 0.29) is 18.6 Å². The minimum absolute atomic E-state index is 0.111. The molecule has 3 heteroatoms. The second kappa shape index (κ2) is 1.07. The smallest absolute Gasteiger partial charge is 0.0540 e. The zero-order valence-corrected chi connectivity index (χ0v) is 4.46. The van der Waals surface area contributed by atoms with Crippen LogP contribution in [0.15, 0.2) is 0 Å². The monoisotopic (exact) mass is 115 g/mol. The Labute approximate surface area is 47.3 Å². The van der Waals surface area contributed by atoms with Crippen LogP contribution in [0.4, 0.5) is 0 Å². The highest BCUT2D eigenvalue weighted by molar-refractivity contribution is 5.34. The second-order valence-electron chi connectivity index (χ2n) is 2.67. The van der Waals surface area contributed by atoms with Crippen LogP contribution >= 0.6 is 0 Å². The van der Waals surface area contributed by atoms with Crippen molar-refractivity contribution >= 4 is 0 Å². The van der Waals surface area contributed by atoms with Crippen LogP contribution in [0.25, 0.3) is 0 Å². The third-order valence-electron chi connectivity index (χ3n) is 2.30. The molecule has 3 nitrogen and oxygen atoms in total. The summed E-state index contributed by atoms with van der Waals surface area (Å²) in [5.74, 6) is 0. The van der Waals surface area contributed by atoms with Gasteiger partial charge in [-0.2, -0.15) is 0 Å². The molecule has 46 valence electrons. The summed E-state index contributed by atoms with van der Waals surface area (Å²) in [5, 5.41) is 20.4. The summed E-state index contributed by atoms with van der Waals surface area (Å²) in [6.07, 6.45) is 0. The number of nitrogens with one attached hydrogen (secondary N) is 1. The molecular formula is C5H9NO2. The number of fused-ring (bicyclic) bond motifs is 1. The summed E-state index contributed by atoms with van der Waals surface area (Å²) in [5.41, 5.74) is -0.111. The predicted octanol–water partition coefficient (Wildman–Crippen LogP) is -1.69. The number of aliphatic hydroxyl groups is 2. The molecule has 2 rings (SSSR count). The SMILES string of the molecule is OCC1(CO)C2NC21. The fourth-order valence-corrected chi connectivity index (χ4v) is 1.31. The standard InChI is InChI=1S/C5H9NO2/c7-1-5(2-8)3-4(5)6-3/h3-4,6-8H,1-2H2. The van der Waals surface area contributed by atoms with E-state index in [0.717, 1.165) is 0 Å². The fourth-order valence-electron chi connectivity index (χ4n) is 1.31. The Morgan fingerprint density at radius 2 is 1.75 bits per heavy atom. The first-order chi connectivity index (χ1) is 3.85. The summed E-state index contributed by atoms with van der Waals surface area (Å²) in [6.45, 7) is 0.262. The maximum atomic E-state index is 8.66. The van der Waals surface area contributed by atoms with Crippen LogP contribution in [-0.2, 0) is 0 Å². The van der Waals surface area contributed by atoms with Gasteiger partial charge in [0.25, 0.3) is 0 Å². The highest BCUT2D eigenvalue weighted by Crippen LogP contribution is 2.56. The maximum Gasteiger partial charge on any atom is 0.0540 e. The Morgan fingerprint density at radius 1 is 1.25 bits per heavy atom. The summed E-state index contributed by atoms with van der Waals surface area (Å²) in [7, 11) is 0. The molecule has 2 aliphatic rings. The van der Waals surface area contributed by atoms with E-state index >= 15 is 0 Å². The molecule has 1 saturated heterocycles. The minimum atomic E-state index is -0.111. The van der Waals surface area contributed by atoms with Gasteiger partial charge in [0.1, 0.15) is 0 Å². The summed E-state index contributed by atoms with van der Waals surface area (Å²) in [6, 6.07) is 0.884. The zero-order valence-electron chi connectivity index (χ0n) is 4.46. The average molecular weight is 115 g/mol. The quantitative estimate of drug-likeness (QED) is 0.376. The Hall–Kier alpha value is -0.120. The van der Waals surface area contributed by atoms with E-state index in [9.17, 15) is 0 Å². The summed E-state index contributed by atoms with van der Waals surface area (Å²) >= 11 is 0. The van der Waals surface area contributed by atoms with E-state index in [4.69, 9.17) is 10.2 Å². The molecule has 0 aromatic heterocycles. The summed E-state index contributed by atoms with van der Waals surface area (Å²) in [4.78, 5) is 0. The second-order valence-corrected chi connectivity index (χ2v) is 2.67. The van der Waals surface area contributed by atoms with Crippen LogP contribution in [-0.4, -0.2) is 35.5 Å². The molecule has 0 aromatic rings. The van der Waals surface area contributed by atoms with Crippen LogP contribution in [0.2, 0.25) is 0 Å². The van der Waals surface area contributed by atoms with E-state index < -0.39 is 0 Å². The van der Waals surface area contributed by atoms with Crippen molar-refractivity contribution in [1.82, 2.24) is 5.32 Å². The fraction of sp³-hybridized carbons (Fsp3) is 1.00. The third-order valence-corrected chi connectivity index (χ3v) is 2.30. The molecular weight excluding hydrogens is 106 g/mol. The van der Waals surface area contributed by atoms with Crippen molar-refractivity contribution in [2.24, 2.45) is 5.41 Å². The van der Waals surface area contributed by atoms with E-state index in [1.165, 1.54) is 0 Å². The molecule has 1 aliphatic heterocycles. The molecule has 0 amide bonds. The van der Waals surface area contributed by atoms with Gasteiger partial charge in [0, 0.05) is 12.1 Å². The lowest BCUT2D eigenvalue weighted by Gasteiger charge is -2.14. The van der Waals surface area contributed by atoms with Gasteiger partial charge in [-0.25, -0.2) is 0 Å². The molecule has 2 fully saturated rings. The topological polar surface area (TPSA) is 62.4 Å². The number of rotatable bonds is 2. The van der Waals surface area contributed by atoms with Gasteiger partial charge in [0.15, 0.2) is 0 Å². The van der Waals surface area contributed by atoms with Crippen molar-refractivity contribution in [2.45, 2.75) is 12.1 Å². The van der Waals surface area contributed by atoms with Crippen LogP contribution in [0.3, 0.4) is 0 Å². The largest absolute Gasteiger partial charge is 0.396 e. The van der Waals surface area contributed by atoms with E-state index in [2.05, 4.69) is 5.32 Å². The Bertz CT molecular complexity index is 112. The van der Waals surface area contributed by atoms with Gasteiger partial charge in [-0.3, -0.25) is 0 Å². The van der Waals surface area contributed by atoms with Crippen LogP contribution in [0, 0.1) is 5.41 Å². The van der Waals surface area contributed by atoms with Gasteiger partial charge in [0.05, 0.1) is 18.6 Å². The normalized spacial score (nSPS) is 45.8. The minimum Gasteiger partial charge on any atom is -0.396 e. The molecule has 0 spiro atoms. The predicted molar refractivity (Wildman–Crippen MR) is 27.3 cm³/mol. The molecule has 2 unspecified atom stereocenters. The van der Waals surface area contributed by atoms with Gasteiger partial charge in [0.2, 0.25) is 0 Å². The number of aliphatic hydroxyl groups excluding tert-OH is 2. The van der Waals surface area contributed by atoms with Crippen LogP contribution in [0.1, 0.15) is 0 Å². The van der Waals surface area contributed by atoms with E-state index in [1.54, 1.807) is 0 Å². The van der Waals surface area contributed by atoms with Crippen molar-refractivity contribution < 1.29 is 10.2 Å². The third kappa shape index (κ3) is 0.292. The molecule has 0 bridgehead atoms. The molecule has 8 heavy (non-hydrogen) atoms. The van der Waals surface area contributed by atoms with E-state index in [0.29, 0.717) is 12.1 Å². The number of hydrogen-bond acceptors (Lipinski definition) is 3. The van der Waals surface area contributed by atoms with Crippen LogP contribution < -0.4 is 5.32 Å².